The summed E-state index contributed by atoms with van der Waals surface area (Å²) in [4.78, 5) is 13.0. The van der Waals surface area contributed by atoms with Gasteiger partial charge < -0.3 is 11.1 Å². The van der Waals surface area contributed by atoms with E-state index in [4.69, 9.17) is 5.73 Å². The highest BCUT2D eigenvalue weighted by atomic mass is 35.5. The van der Waals surface area contributed by atoms with Gasteiger partial charge in [0, 0.05) is 10.9 Å². The minimum Gasteiger partial charge on any atom is -0.351 e. The third-order valence-corrected chi connectivity index (χ3v) is 3.80. The standard InChI is InChI=1S/C11H16N2OS.ClH/c12-10-5-1-4-9(10)11(14)13-7-8-3-2-6-15-8;/h2-3,6,9-10H,1,4-5,7,12H2,(H,13,14);1H. The van der Waals surface area contributed by atoms with Crippen molar-refractivity contribution < 1.29 is 4.79 Å². The summed E-state index contributed by atoms with van der Waals surface area (Å²) in [5.74, 6) is 0.151. The molecule has 16 heavy (non-hydrogen) atoms. The SMILES string of the molecule is Cl.NC1CCCC1C(=O)NCc1cccs1. The quantitative estimate of drug-likeness (QED) is 0.872. The third kappa shape index (κ3) is 3.20. The van der Waals surface area contributed by atoms with Crippen molar-refractivity contribution in [1.29, 1.82) is 0 Å². The molecule has 1 aromatic heterocycles. The van der Waals surface area contributed by atoms with E-state index in [0.717, 1.165) is 19.3 Å². The Labute approximate surface area is 106 Å². The number of thiophene rings is 1. The zero-order valence-corrected chi connectivity index (χ0v) is 10.7. The normalized spacial score (nSPS) is 23.8. The van der Waals surface area contributed by atoms with Gasteiger partial charge in [-0.05, 0) is 24.3 Å². The summed E-state index contributed by atoms with van der Waals surface area (Å²) in [6.07, 6.45) is 3.01. The maximum absolute atomic E-state index is 11.8. The van der Waals surface area contributed by atoms with Gasteiger partial charge in [-0.15, -0.1) is 23.7 Å². The van der Waals surface area contributed by atoms with Crippen molar-refractivity contribution >= 4 is 29.7 Å². The van der Waals surface area contributed by atoms with Gasteiger partial charge in [-0.3, -0.25) is 4.79 Å². The minimum atomic E-state index is 0. The van der Waals surface area contributed by atoms with E-state index in [1.807, 2.05) is 17.5 Å². The molecule has 2 atom stereocenters. The molecule has 1 heterocycles. The molecule has 1 amide bonds. The summed E-state index contributed by atoms with van der Waals surface area (Å²) in [6.45, 7) is 0.639. The number of nitrogens with two attached hydrogens (primary N) is 1. The van der Waals surface area contributed by atoms with Crippen molar-refractivity contribution in [1.82, 2.24) is 5.32 Å². The molecular weight excluding hydrogens is 244 g/mol. The lowest BCUT2D eigenvalue weighted by Crippen LogP contribution is -2.38. The largest absolute Gasteiger partial charge is 0.351 e. The van der Waals surface area contributed by atoms with Crippen molar-refractivity contribution in [3.8, 4) is 0 Å². The molecule has 0 aliphatic heterocycles. The van der Waals surface area contributed by atoms with Gasteiger partial charge >= 0.3 is 0 Å². The Bertz CT molecular complexity index is 329. The molecule has 1 saturated carbocycles. The highest BCUT2D eigenvalue weighted by Crippen LogP contribution is 2.24. The van der Waals surface area contributed by atoms with Crippen molar-refractivity contribution in [3.63, 3.8) is 0 Å². The van der Waals surface area contributed by atoms with Gasteiger partial charge in [0.15, 0.2) is 0 Å². The smallest absolute Gasteiger partial charge is 0.224 e. The first-order chi connectivity index (χ1) is 7.27. The Morgan fingerprint density at radius 1 is 1.56 bits per heavy atom. The first-order valence-electron chi connectivity index (χ1n) is 5.33. The number of nitrogens with one attached hydrogen (secondary N) is 1. The van der Waals surface area contributed by atoms with E-state index in [2.05, 4.69) is 5.32 Å². The van der Waals surface area contributed by atoms with E-state index in [0.29, 0.717) is 6.54 Å². The number of hydrogen-bond acceptors (Lipinski definition) is 3. The van der Waals surface area contributed by atoms with Crippen LogP contribution >= 0.6 is 23.7 Å². The Hall–Kier alpha value is -0.580. The predicted octanol–water partition coefficient (Wildman–Crippen LogP) is 1.91. The molecule has 0 aromatic carbocycles. The van der Waals surface area contributed by atoms with Crippen molar-refractivity contribution in [2.75, 3.05) is 0 Å². The van der Waals surface area contributed by atoms with Crippen LogP contribution in [-0.4, -0.2) is 11.9 Å². The van der Waals surface area contributed by atoms with E-state index < -0.39 is 0 Å². The molecule has 2 rings (SSSR count). The maximum Gasteiger partial charge on any atom is 0.224 e. The molecule has 2 unspecified atom stereocenters. The van der Waals surface area contributed by atoms with Crippen LogP contribution in [0.25, 0.3) is 0 Å². The van der Waals surface area contributed by atoms with Crippen LogP contribution in [0.4, 0.5) is 0 Å². The number of carbonyl (C=O) groups excluding carboxylic acids is 1. The first kappa shape index (κ1) is 13.5. The van der Waals surface area contributed by atoms with E-state index >= 15 is 0 Å². The van der Waals surface area contributed by atoms with E-state index in [9.17, 15) is 4.79 Å². The van der Waals surface area contributed by atoms with Crippen molar-refractivity contribution in [3.05, 3.63) is 22.4 Å². The monoisotopic (exact) mass is 260 g/mol. The lowest BCUT2D eigenvalue weighted by Gasteiger charge is -2.14. The number of carbonyl (C=O) groups is 1. The minimum absolute atomic E-state index is 0. The van der Waals surface area contributed by atoms with Gasteiger partial charge in [0.2, 0.25) is 5.91 Å². The molecule has 0 bridgehead atoms. The summed E-state index contributed by atoms with van der Waals surface area (Å²) in [5.41, 5.74) is 5.87. The second-order valence-corrected chi connectivity index (χ2v) is 5.03. The van der Waals surface area contributed by atoms with Crippen LogP contribution in [0.3, 0.4) is 0 Å². The van der Waals surface area contributed by atoms with Crippen LogP contribution in [0.5, 0.6) is 0 Å². The van der Waals surface area contributed by atoms with Gasteiger partial charge in [-0.25, -0.2) is 0 Å². The molecule has 0 saturated heterocycles. The molecule has 1 aliphatic rings. The van der Waals surface area contributed by atoms with Crippen LogP contribution < -0.4 is 11.1 Å². The molecule has 1 aliphatic carbocycles. The number of rotatable bonds is 3. The fourth-order valence-corrected chi connectivity index (χ4v) is 2.68. The molecule has 0 spiro atoms. The zero-order valence-electron chi connectivity index (χ0n) is 9.02. The molecule has 90 valence electrons. The highest BCUT2D eigenvalue weighted by molar-refractivity contribution is 7.09. The average Bonchev–Trinajstić information content (AvgIpc) is 2.84. The Balaban J connectivity index is 0.00000128. The first-order valence-corrected chi connectivity index (χ1v) is 6.21. The molecular formula is C11H17ClN2OS. The van der Waals surface area contributed by atoms with Crippen LogP contribution in [0.2, 0.25) is 0 Å². The van der Waals surface area contributed by atoms with Gasteiger partial charge in [0.1, 0.15) is 0 Å². The van der Waals surface area contributed by atoms with Crippen molar-refractivity contribution in [2.24, 2.45) is 11.7 Å². The van der Waals surface area contributed by atoms with Crippen LogP contribution in [0.1, 0.15) is 24.1 Å². The Morgan fingerprint density at radius 3 is 2.94 bits per heavy atom. The van der Waals surface area contributed by atoms with Gasteiger partial charge in [0.25, 0.3) is 0 Å². The predicted molar refractivity (Wildman–Crippen MR) is 68.7 cm³/mol. The fraction of sp³-hybridized carbons (Fsp3) is 0.545. The van der Waals surface area contributed by atoms with E-state index in [1.165, 1.54) is 4.88 Å². The van der Waals surface area contributed by atoms with Crippen molar-refractivity contribution in [2.45, 2.75) is 31.8 Å². The lowest BCUT2D eigenvalue weighted by atomic mass is 10.0. The number of amides is 1. The number of hydrogen-bond donors (Lipinski definition) is 2. The second kappa shape index (κ2) is 6.23. The van der Waals surface area contributed by atoms with Crippen LogP contribution in [0.15, 0.2) is 17.5 Å². The van der Waals surface area contributed by atoms with Gasteiger partial charge in [-0.1, -0.05) is 12.5 Å². The molecule has 1 fully saturated rings. The summed E-state index contributed by atoms with van der Waals surface area (Å²) in [5, 5.41) is 4.97. The Morgan fingerprint density at radius 2 is 2.38 bits per heavy atom. The fourth-order valence-electron chi connectivity index (χ4n) is 2.03. The molecule has 1 aromatic rings. The van der Waals surface area contributed by atoms with E-state index in [1.54, 1.807) is 11.3 Å². The summed E-state index contributed by atoms with van der Waals surface area (Å²) < 4.78 is 0. The summed E-state index contributed by atoms with van der Waals surface area (Å²) in [6, 6.07) is 4.08. The topological polar surface area (TPSA) is 55.1 Å². The summed E-state index contributed by atoms with van der Waals surface area (Å²) in [7, 11) is 0. The lowest BCUT2D eigenvalue weighted by molar-refractivity contribution is -0.125. The zero-order chi connectivity index (χ0) is 10.7. The van der Waals surface area contributed by atoms with Crippen LogP contribution in [-0.2, 0) is 11.3 Å². The van der Waals surface area contributed by atoms with Gasteiger partial charge in [-0.2, -0.15) is 0 Å². The Kier molecular flexibility index (Phi) is 5.25. The van der Waals surface area contributed by atoms with Crippen LogP contribution in [0, 0.1) is 5.92 Å². The van der Waals surface area contributed by atoms with E-state index in [-0.39, 0.29) is 30.3 Å². The second-order valence-electron chi connectivity index (χ2n) is 4.00. The maximum atomic E-state index is 11.8. The third-order valence-electron chi connectivity index (χ3n) is 2.92. The molecule has 3 N–H and O–H groups in total. The van der Waals surface area contributed by atoms with Gasteiger partial charge in [0.05, 0.1) is 12.5 Å². The average molecular weight is 261 g/mol. The summed E-state index contributed by atoms with van der Waals surface area (Å²) >= 11 is 1.66. The number of halogens is 1. The highest BCUT2D eigenvalue weighted by Gasteiger charge is 2.29. The molecule has 3 nitrogen and oxygen atoms in total. The molecule has 5 heteroatoms. The molecule has 0 radical (unpaired) electrons.